The van der Waals surface area contributed by atoms with Crippen molar-refractivity contribution in [1.82, 2.24) is 4.90 Å². The SMILES string of the molecule is CC(C)N1CCN(c2ccccc2CC(=O)O)C1=O. The maximum atomic E-state index is 12.3. The van der Waals surface area contributed by atoms with Crippen molar-refractivity contribution in [3.05, 3.63) is 29.8 Å². The molecule has 0 atom stereocenters. The van der Waals surface area contributed by atoms with Crippen LogP contribution in [0.2, 0.25) is 0 Å². The first-order chi connectivity index (χ1) is 9.00. The first kappa shape index (κ1) is 13.4. The Kier molecular flexibility index (Phi) is 3.74. The number of carboxylic acid groups (broad SMARTS) is 1. The largest absolute Gasteiger partial charge is 0.481 e. The summed E-state index contributed by atoms with van der Waals surface area (Å²) in [7, 11) is 0. The zero-order chi connectivity index (χ0) is 14.0. The molecular formula is C14H18N2O3. The van der Waals surface area contributed by atoms with Crippen molar-refractivity contribution in [2.75, 3.05) is 18.0 Å². The third kappa shape index (κ3) is 2.70. The van der Waals surface area contributed by atoms with E-state index >= 15 is 0 Å². The van der Waals surface area contributed by atoms with Gasteiger partial charge in [-0.25, -0.2) is 4.79 Å². The van der Waals surface area contributed by atoms with E-state index in [-0.39, 0.29) is 18.5 Å². The maximum absolute atomic E-state index is 12.3. The van der Waals surface area contributed by atoms with Crippen LogP contribution in [0.3, 0.4) is 0 Å². The molecule has 2 rings (SSSR count). The molecule has 1 saturated heterocycles. The summed E-state index contributed by atoms with van der Waals surface area (Å²) in [6.07, 6.45) is -0.0678. The molecule has 0 unspecified atom stereocenters. The van der Waals surface area contributed by atoms with Crippen LogP contribution >= 0.6 is 0 Å². The first-order valence-electron chi connectivity index (χ1n) is 6.38. The summed E-state index contributed by atoms with van der Waals surface area (Å²) in [5.74, 6) is -0.889. The molecule has 2 amide bonds. The van der Waals surface area contributed by atoms with E-state index in [1.807, 2.05) is 19.9 Å². The molecule has 5 nitrogen and oxygen atoms in total. The first-order valence-corrected chi connectivity index (χ1v) is 6.38. The van der Waals surface area contributed by atoms with Gasteiger partial charge in [0.15, 0.2) is 0 Å². The van der Waals surface area contributed by atoms with Crippen LogP contribution in [-0.2, 0) is 11.2 Å². The quantitative estimate of drug-likeness (QED) is 0.902. The molecule has 19 heavy (non-hydrogen) atoms. The number of nitrogens with zero attached hydrogens (tertiary/aromatic N) is 2. The van der Waals surface area contributed by atoms with E-state index in [1.54, 1.807) is 28.0 Å². The minimum Gasteiger partial charge on any atom is -0.481 e. The molecule has 102 valence electrons. The van der Waals surface area contributed by atoms with Crippen LogP contribution in [-0.4, -0.2) is 41.1 Å². The number of rotatable bonds is 4. The van der Waals surface area contributed by atoms with Crippen molar-refractivity contribution >= 4 is 17.7 Å². The van der Waals surface area contributed by atoms with Crippen molar-refractivity contribution in [1.29, 1.82) is 0 Å². The van der Waals surface area contributed by atoms with Crippen LogP contribution in [0.15, 0.2) is 24.3 Å². The van der Waals surface area contributed by atoms with Crippen LogP contribution < -0.4 is 4.90 Å². The van der Waals surface area contributed by atoms with Gasteiger partial charge in [-0.3, -0.25) is 9.69 Å². The second kappa shape index (κ2) is 5.30. The van der Waals surface area contributed by atoms with Crippen molar-refractivity contribution in [2.24, 2.45) is 0 Å². The Labute approximate surface area is 112 Å². The zero-order valence-electron chi connectivity index (χ0n) is 11.2. The third-order valence-corrected chi connectivity index (χ3v) is 3.29. The molecule has 0 aromatic heterocycles. The van der Waals surface area contributed by atoms with Crippen LogP contribution in [0.5, 0.6) is 0 Å². The summed E-state index contributed by atoms with van der Waals surface area (Å²) in [4.78, 5) is 26.6. The molecule has 0 radical (unpaired) electrons. The lowest BCUT2D eigenvalue weighted by molar-refractivity contribution is -0.136. The number of amides is 2. The fourth-order valence-corrected chi connectivity index (χ4v) is 2.34. The molecule has 5 heteroatoms. The zero-order valence-corrected chi connectivity index (χ0v) is 11.2. The van der Waals surface area contributed by atoms with E-state index < -0.39 is 5.97 Å². The van der Waals surface area contributed by atoms with Gasteiger partial charge >= 0.3 is 12.0 Å². The summed E-state index contributed by atoms with van der Waals surface area (Å²) in [5, 5.41) is 8.93. The average Bonchev–Trinajstić information content (AvgIpc) is 2.71. The highest BCUT2D eigenvalue weighted by Crippen LogP contribution is 2.25. The normalized spacial score (nSPS) is 15.4. The number of carboxylic acids is 1. The van der Waals surface area contributed by atoms with Gasteiger partial charge in [0.1, 0.15) is 0 Å². The van der Waals surface area contributed by atoms with Gasteiger partial charge in [0, 0.05) is 24.8 Å². The predicted molar refractivity (Wildman–Crippen MR) is 72.4 cm³/mol. The molecule has 1 fully saturated rings. The molecule has 1 aliphatic rings. The maximum Gasteiger partial charge on any atom is 0.324 e. The Morgan fingerprint density at radius 2 is 2.00 bits per heavy atom. The van der Waals surface area contributed by atoms with Crippen LogP contribution in [0.25, 0.3) is 0 Å². The van der Waals surface area contributed by atoms with Crippen molar-refractivity contribution in [3.63, 3.8) is 0 Å². The van der Waals surface area contributed by atoms with Gasteiger partial charge in [-0.05, 0) is 25.5 Å². The van der Waals surface area contributed by atoms with E-state index in [0.717, 1.165) is 0 Å². The summed E-state index contributed by atoms with van der Waals surface area (Å²) < 4.78 is 0. The lowest BCUT2D eigenvalue weighted by atomic mass is 10.1. The number of para-hydroxylation sites is 1. The van der Waals surface area contributed by atoms with Gasteiger partial charge in [0.2, 0.25) is 0 Å². The molecule has 1 heterocycles. The van der Waals surface area contributed by atoms with Crippen LogP contribution in [0, 0.1) is 0 Å². The molecule has 1 aliphatic heterocycles. The molecule has 1 aromatic rings. The summed E-state index contributed by atoms with van der Waals surface area (Å²) >= 11 is 0. The van der Waals surface area contributed by atoms with E-state index in [2.05, 4.69) is 0 Å². The highest BCUT2D eigenvalue weighted by atomic mass is 16.4. The number of anilines is 1. The smallest absolute Gasteiger partial charge is 0.324 e. The van der Waals surface area contributed by atoms with E-state index in [4.69, 9.17) is 5.11 Å². The number of carbonyl (C=O) groups excluding carboxylic acids is 1. The molecule has 1 aromatic carbocycles. The Hall–Kier alpha value is -2.04. The van der Waals surface area contributed by atoms with Crippen LogP contribution in [0.1, 0.15) is 19.4 Å². The number of benzene rings is 1. The average molecular weight is 262 g/mol. The molecular weight excluding hydrogens is 244 g/mol. The molecule has 0 saturated carbocycles. The minimum absolute atomic E-state index is 0.0483. The second-order valence-electron chi connectivity index (χ2n) is 4.92. The van der Waals surface area contributed by atoms with Crippen molar-refractivity contribution < 1.29 is 14.7 Å². The molecule has 0 spiro atoms. The standard InChI is InChI=1S/C14H18N2O3/c1-10(2)15-7-8-16(14(15)19)12-6-4-3-5-11(12)9-13(17)18/h3-6,10H,7-9H2,1-2H3,(H,17,18). The second-order valence-corrected chi connectivity index (χ2v) is 4.92. The summed E-state index contributed by atoms with van der Waals surface area (Å²) in [6.45, 7) is 5.24. The van der Waals surface area contributed by atoms with Crippen molar-refractivity contribution in [2.45, 2.75) is 26.3 Å². The third-order valence-electron chi connectivity index (χ3n) is 3.29. The van der Waals surface area contributed by atoms with Gasteiger partial charge in [-0.2, -0.15) is 0 Å². The summed E-state index contributed by atoms with van der Waals surface area (Å²) in [5.41, 5.74) is 1.38. The lowest BCUT2D eigenvalue weighted by Gasteiger charge is -2.23. The highest BCUT2D eigenvalue weighted by Gasteiger charge is 2.32. The van der Waals surface area contributed by atoms with E-state index in [9.17, 15) is 9.59 Å². The van der Waals surface area contributed by atoms with E-state index in [0.29, 0.717) is 24.3 Å². The van der Waals surface area contributed by atoms with Gasteiger partial charge in [-0.15, -0.1) is 0 Å². The Balaban J connectivity index is 2.28. The van der Waals surface area contributed by atoms with Gasteiger partial charge in [0.25, 0.3) is 0 Å². The fraction of sp³-hybridized carbons (Fsp3) is 0.429. The molecule has 0 bridgehead atoms. The Bertz CT molecular complexity index is 499. The van der Waals surface area contributed by atoms with E-state index in [1.165, 1.54) is 0 Å². The molecule has 0 aliphatic carbocycles. The number of carbonyl (C=O) groups is 2. The fourth-order valence-electron chi connectivity index (χ4n) is 2.34. The number of hydrogen-bond donors (Lipinski definition) is 1. The topological polar surface area (TPSA) is 60.9 Å². The monoisotopic (exact) mass is 262 g/mol. The van der Waals surface area contributed by atoms with Crippen molar-refractivity contribution in [3.8, 4) is 0 Å². The Morgan fingerprint density at radius 1 is 1.32 bits per heavy atom. The number of urea groups is 1. The predicted octanol–water partition coefficient (Wildman–Crippen LogP) is 1.96. The van der Waals surface area contributed by atoms with Gasteiger partial charge in [-0.1, -0.05) is 18.2 Å². The number of hydrogen-bond acceptors (Lipinski definition) is 2. The lowest BCUT2D eigenvalue weighted by Crippen LogP contribution is -2.36. The summed E-state index contributed by atoms with van der Waals surface area (Å²) in [6, 6.07) is 7.29. The highest BCUT2D eigenvalue weighted by molar-refractivity contribution is 5.95. The van der Waals surface area contributed by atoms with Gasteiger partial charge < -0.3 is 10.0 Å². The van der Waals surface area contributed by atoms with Crippen LogP contribution in [0.4, 0.5) is 10.5 Å². The minimum atomic E-state index is -0.889. The Morgan fingerprint density at radius 3 is 2.58 bits per heavy atom. The van der Waals surface area contributed by atoms with Gasteiger partial charge in [0.05, 0.1) is 6.42 Å². The molecule has 1 N–H and O–H groups in total. The number of aliphatic carboxylic acids is 1.